The van der Waals surface area contributed by atoms with Crippen molar-refractivity contribution in [3.8, 4) is 0 Å². The van der Waals surface area contributed by atoms with Gasteiger partial charge >= 0.3 is 0 Å². The summed E-state index contributed by atoms with van der Waals surface area (Å²) in [6.45, 7) is 8.16. The maximum absolute atomic E-state index is 9.54. The van der Waals surface area contributed by atoms with Crippen molar-refractivity contribution in [2.45, 2.75) is 59.0 Å². The third kappa shape index (κ3) is 4.41. The van der Waals surface area contributed by atoms with Crippen LogP contribution in [0.3, 0.4) is 0 Å². The van der Waals surface area contributed by atoms with Crippen LogP contribution in [0.25, 0.3) is 0 Å². The molecule has 2 atom stereocenters. The summed E-state index contributed by atoms with van der Waals surface area (Å²) in [5.41, 5.74) is -0.350. The van der Waals surface area contributed by atoms with Crippen molar-refractivity contribution in [2.75, 3.05) is 0 Å². The summed E-state index contributed by atoms with van der Waals surface area (Å²) in [5, 5.41) is 9.54. The van der Waals surface area contributed by atoms with Crippen molar-refractivity contribution in [1.82, 2.24) is 0 Å². The molecule has 0 radical (unpaired) electrons. The molecule has 1 N–H and O–H groups in total. The quantitative estimate of drug-likeness (QED) is 0.574. The molecule has 0 heterocycles. The van der Waals surface area contributed by atoms with E-state index in [0.717, 1.165) is 18.8 Å². The molecule has 0 aromatic carbocycles. The highest BCUT2D eigenvalue weighted by molar-refractivity contribution is 4.79. The Kier molecular flexibility index (Phi) is 4.74. The molecule has 0 saturated heterocycles. The second-order valence-electron chi connectivity index (χ2n) is 3.70. The van der Waals surface area contributed by atoms with Gasteiger partial charge in [-0.15, -0.1) is 0 Å². The van der Waals surface area contributed by atoms with Crippen LogP contribution < -0.4 is 0 Å². The van der Waals surface area contributed by atoms with Crippen LogP contribution in [-0.4, -0.2) is 10.7 Å². The molecule has 11 heavy (non-hydrogen) atoms. The van der Waals surface area contributed by atoms with Crippen LogP contribution in [0, 0.1) is 5.92 Å². The van der Waals surface area contributed by atoms with Gasteiger partial charge in [0.2, 0.25) is 0 Å². The fourth-order valence-electron chi connectivity index (χ4n) is 1.79. The van der Waals surface area contributed by atoms with E-state index in [1.54, 1.807) is 0 Å². The van der Waals surface area contributed by atoms with Gasteiger partial charge in [-0.2, -0.15) is 0 Å². The average Bonchev–Trinajstić information content (AvgIpc) is 1.89. The lowest BCUT2D eigenvalue weighted by molar-refractivity contribution is 0.00461. The second kappa shape index (κ2) is 4.76. The van der Waals surface area contributed by atoms with Crippen LogP contribution in [0.2, 0.25) is 0 Å². The molecule has 0 spiro atoms. The topological polar surface area (TPSA) is 20.2 Å². The molecule has 1 saturated carbocycles. The molecule has 1 fully saturated rings. The Bertz CT molecular complexity index is 97.0. The summed E-state index contributed by atoms with van der Waals surface area (Å²) in [6.07, 6.45) is 4.49. The zero-order valence-corrected chi connectivity index (χ0v) is 8.35. The van der Waals surface area contributed by atoms with E-state index >= 15 is 0 Å². The van der Waals surface area contributed by atoms with Crippen LogP contribution in [0.4, 0.5) is 0 Å². The first-order chi connectivity index (χ1) is 5.10. The van der Waals surface area contributed by atoms with Crippen molar-refractivity contribution < 1.29 is 5.11 Å². The lowest BCUT2D eigenvalue weighted by Gasteiger charge is -2.31. The summed E-state index contributed by atoms with van der Waals surface area (Å²) in [7, 11) is 0. The molecule has 68 valence electrons. The van der Waals surface area contributed by atoms with E-state index in [1.165, 1.54) is 12.8 Å². The molecule has 2 unspecified atom stereocenters. The van der Waals surface area contributed by atoms with Crippen LogP contribution >= 0.6 is 0 Å². The molecule has 1 nitrogen and oxygen atoms in total. The average molecular weight is 158 g/mol. The van der Waals surface area contributed by atoms with Gasteiger partial charge in [-0.1, -0.05) is 33.6 Å². The van der Waals surface area contributed by atoms with E-state index in [4.69, 9.17) is 0 Å². The van der Waals surface area contributed by atoms with Crippen LogP contribution in [0.1, 0.15) is 53.4 Å². The van der Waals surface area contributed by atoms with Crippen molar-refractivity contribution >= 4 is 0 Å². The predicted molar refractivity (Wildman–Crippen MR) is 49.6 cm³/mol. The lowest BCUT2D eigenvalue weighted by atomic mass is 9.80. The molecule has 0 aromatic heterocycles. The van der Waals surface area contributed by atoms with Gasteiger partial charge in [0.25, 0.3) is 0 Å². The first-order valence-corrected chi connectivity index (χ1v) is 4.82. The summed E-state index contributed by atoms with van der Waals surface area (Å²) >= 11 is 0. The van der Waals surface area contributed by atoms with Crippen molar-refractivity contribution in [1.29, 1.82) is 0 Å². The lowest BCUT2D eigenvalue weighted by Crippen LogP contribution is -2.30. The third-order valence-electron chi connectivity index (χ3n) is 2.20. The maximum atomic E-state index is 9.54. The Hall–Kier alpha value is -0.0400. The van der Waals surface area contributed by atoms with Crippen molar-refractivity contribution in [3.63, 3.8) is 0 Å². The van der Waals surface area contributed by atoms with E-state index in [9.17, 15) is 5.11 Å². The van der Waals surface area contributed by atoms with Crippen molar-refractivity contribution in [3.05, 3.63) is 0 Å². The number of rotatable bonds is 0. The Balaban J connectivity index is 0.000000461. The maximum Gasteiger partial charge on any atom is 0.0622 e. The highest BCUT2D eigenvalue weighted by Gasteiger charge is 2.26. The Morgan fingerprint density at radius 1 is 1.36 bits per heavy atom. The Morgan fingerprint density at radius 3 is 2.18 bits per heavy atom. The van der Waals surface area contributed by atoms with Crippen LogP contribution in [0.15, 0.2) is 0 Å². The molecule has 1 aliphatic rings. The van der Waals surface area contributed by atoms with Crippen LogP contribution in [-0.2, 0) is 0 Å². The van der Waals surface area contributed by atoms with Crippen molar-refractivity contribution in [2.24, 2.45) is 5.92 Å². The van der Waals surface area contributed by atoms with E-state index in [-0.39, 0.29) is 5.60 Å². The predicted octanol–water partition coefficient (Wildman–Crippen LogP) is 2.97. The van der Waals surface area contributed by atoms with E-state index in [2.05, 4.69) is 6.92 Å². The van der Waals surface area contributed by atoms with Gasteiger partial charge in [-0.25, -0.2) is 0 Å². The van der Waals surface area contributed by atoms with Gasteiger partial charge in [0, 0.05) is 0 Å². The summed E-state index contributed by atoms with van der Waals surface area (Å²) in [5.74, 6) is 0.730. The zero-order valence-electron chi connectivity index (χ0n) is 8.35. The van der Waals surface area contributed by atoms with E-state index < -0.39 is 0 Å². The molecule has 0 aromatic rings. The molecule has 1 aliphatic carbocycles. The normalized spacial score (nSPS) is 37.4. The second-order valence-corrected chi connectivity index (χ2v) is 3.70. The number of hydrogen-bond acceptors (Lipinski definition) is 1. The van der Waals surface area contributed by atoms with Gasteiger partial charge in [0.15, 0.2) is 0 Å². The fourth-order valence-corrected chi connectivity index (χ4v) is 1.79. The molecular formula is C10H22O. The summed E-state index contributed by atoms with van der Waals surface area (Å²) < 4.78 is 0. The monoisotopic (exact) mass is 158 g/mol. The highest BCUT2D eigenvalue weighted by atomic mass is 16.3. The highest BCUT2D eigenvalue weighted by Crippen LogP contribution is 2.31. The largest absolute Gasteiger partial charge is 0.390 e. The van der Waals surface area contributed by atoms with E-state index in [0.29, 0.717) is 0 Å². The molecule has 0 bridgehead atoms. The minimum Gasteiger partial charge on any atom is -0.390 e. The first kappa shape index (κ1) is 11.0. The fraction of sp³-hybridized carbons (Fsp3) is 1.00. The summed E-state index contributed by atoms with van der Waals surface area (Å²) in [6, 6.07) is 0. The van der Waals surface area contributed by atoms with Gasteiger partial charge in [-0.3, -0.25) is 0 Å². The minimum absolute atomic E-state index is 0.350. The molecular weight excluding hydrogens is 136 g/mol. The van der Waals surface area contributed by atoms with Gasteiger partial charge in [-0.05, 0) is 25.7 Å². The van der Waals surface area contributed by atoms with Gasteiger partial charge in [0.05, 0.1) is 5.60 Å². The standard InChI is InChI=1S/C8H16O.C2H6/c1-7-4-3-5-8(2,9)6-7;1-2/h7,9H,3-6H2,1-2H3;1-2H3. The first-order valence-electron chi connectivity index (χ1n) is 4.82. The third-order valence-corrected chi connectivity index (χ3v) is 2.20. The number of aliphatic hydroxyl groups is 1. The van der Waals surface area contributed by atoms with Crippen LogP contribution in [0.5, 0.6) is 0 Å². The minimum atomic E-state index is -0.350. The SMILES string of the molecule is CC.CC1CCCC(C)(O)C1. The molecule has 0 amide bonds. The molecule has 0 aliphatic heterocycles. The smallest absolute Gasteiger partial charge is 0.0622 e. The zero-order chi connectivity index (χ0) is 8.91. The number of hydrogen-bond donors (Lipinski definition) is 1. The molecule has 1 rings (SSSR count). The summed E-state index contributed by atoms with van der Waals surface area (Å²) in [4.78, 5) is 0. The Morgan fingerprint density at radius 2 is 1.91 bits per heavy atom. The van der Waals surface area contributed by atoms with Gasteiger partial charge < -0.3 is 5.11 Å². The Labute approximate surface area is 70.8 Å². The van der Waals surface area contributed by atoms with Gasteiger partial charge in [0.1, 0.15) is 0 Å². The molecule has 1 heteroatoms. The van der Waals surface area contributed by atoms with E-state index in [1.807, 2.05) is 20.8 Å².